The predicted octanol–water partition coefficient (Wildman–Crippen LogP) is 12.0. The summed E-state index contributed by atoms with van der Waals surface area (Å²) in [5, 5.41) is 4.57. The summed E-state index contributed by atoms with van der Waals surface area (Å²) in [5.41, 5.74) is 12.9. The van der Waals surface area contributed by atoms with Gasteiger partial charge >= 0.3 is 0 Å². The minimum atomic E-state index is 0.113. The number of hydrogen-bond acceptors (Lipinski definition) is 3. The number of anilines is 3. The molecule has 11 rings (SSSR count). The van der Waals surface area contributed by atoms with Crippen LogP contribution in [0.25, 0.3) is 55.0 Å². The van der Waals surface area contributed by atoms with Crippen molar-refractivity contribution < 1.29 is 8.83 Å². The summed E-state index contributed by atoms with van der Waals surface area (Å²) in [5.74, 6) is 1.54. The van der Waals surface area contributed by atoms with E-state index < -0.39 is 0 Å². The Morgan fingerprint density at radius 3 is 1.72 bits per heavy atom. The van der Waals surface area contributed by atoms with Gasteiger partial charge in [0, 0.05) is 56.2 Å². The van der Waals surface area contributed by atoms with E-state index in [9.17, 15) is 0 Å². The maximum absolute atomic E-state index is 6.41. The van der Waals surface area contributed by atoms with Crippen LogP contribution in [0.2, 0.25) is 0 Å². The summed E-state index contributed by atoms with van der Waals surface area (Å²) in [6.07, 6.45) is 5.33. The zero-order valence-electron chi connectivity index (χ0n) is 25.4. The lowest BCUT2D eigenvalue weighted by Crippen LogP contribution is -2.32. The molecule has 0 aliphatic heterocycles. The third-order valence-electron chi connectivity index (χ3n) is 11.5. The zero-order chi connectivity index (χ0) is 30.0. The highest BCUT2D eigenvalue weighted by atomic mass is 16.3. The molecule has 2 aromatic heterocycles. The molecule has 3 aliphatic carbocycles. The minimum absolute atomic E-state index is 0.113. The summed E-state index contributed by atoms with van der Waals surface area (Å²) < 4.78 is 12.8. The van der Waals surface area contributed by atoms with E-state index in [0.29, 0.717) is 5.92 Å². The predicted molar refractivity (Wildman–Crippen MR) is 187 cm³/mol. The third kappa shape index (κ3) is 3.22. The van der Waals surface area contributed by atoms with Crippen molar-refractivity contribution in [3.05, 3.63) is 139 Å². The van der Waals surface area contributed by atoms with Gasteiger partial charge in [0.05, 0.1) is 0 Å². The van der Waals surface area contributed by atoms with Gasteiger partial charge in [0.2, 0.25) is 0 Å². The van der Waals surface area contributed by atoms with Crippen LogP contribution in [0, 0.1) is 11.8 Å². The summed E-state index contributed by atoms with van der Waals surface area (Å²) in [7, 11) is 0. The topological polar surface area (TPSA) is 29.5 Å². The van der Waals surface area contributed by atoms with Gasteiger partial charge in [-0.05, 0) is 102 Å². The molecule has 3 atom stereocenters. The molecule has 0 saturated heterocycles. The molecule has 3 nitrogen and oxygen atoms in total. The van der Waals surface area contributed by atoms with Crippen molar-refractivity contribution in [2.45, 2.75) is 31.1 Å². The second kappa shape index (κ2) is 8.92. The highest BCUT2D eigenvalue weighted by Crippen LogP contribution is 2.66. The molecular formula is C43H31NO2. The Morgan fingerprint density at radius 2 is 1.07 bits per heavy atom. The number of benzene rings is 6. The van der Waals surface area contributed by atoms with Crippen molar-refractivity contribution >= 4 is 60.9 Å². The third-order valence-corrected chi connectivity index (χ3v) is 11.5. The molecule has 8 aromatic rings. The molecule has 46 heavy (non-hydrogen) atoms. The first-order valence-corrected chi connectivity index (χ1v) is 16.6. The molecule has 0 N–H and O–H groups in total. The number of fused-ring (bicyclic) bond motifs is 14. The first-order valence-electron chi connectivity index (χ1n) is 16.6. The van der Waals surface area contributed by atoms with Crippen LogP contribution in [0.3, 0.4) is 0 Å². The molecule has 0 radical (unpaired) electrons. The van der Waals surface area contributed by atoms with Gasteiger partial charge in [-0.3, -0.25) is 0 Å². The largest absolute Gasteiger partial charge is 0.456 e. The number of hydrogen-bond donors (Lipinski definition) is 0. The summed E-state index contributed by atoms with van der Waals surface area (Å²) >= 11 is 0. The number of nitrogens with zero attached hydrogens (tertiary/aromatic N) is 1. The smallest absolute Gasteiger partial charge is 0.137 e. The summed E-state index contributed by atoms with van der Waals surface area (Å²) in [6, 6.07) is 46.3. The zero-order valence-corrected chi connectivity index (χ0v) is 25.4. The van der Waals surface area contributed by atoms with E-state index in [0.717, 1.165) is 61.2 Å². The molecule has 220 valence electrons. The van der Waals surface area contributed by atoms with Crippen molar-refractivity contribution in [3.63, 3.8) is 0 Å². The van der Waals surface area contributed by atoms with Crippen LogP contribution in [0.1, 0.15) is 36.8 Å². The number of rotatable bonds is 3. The maximum atomic E-state index is 6.41. The molecule has 2 bridgehead atoms. The van der Waals surface area contributed by atoms with Crippen LogP contribution in [0.4, 0.5) is 17.1 Å². The first-order chi connectivity index (χ1) is 22.7. The highest BCUT2D eigenvalue weighted by Gasteiger charge is 2.56. The second-order valence-corrected chi connectivity index (χ2v) is 13.7. The van der Waals surface area contributed by atoms with Gasteiger partial charge < -0.3 is 13.7 Å². The fourth-order valence-corrected chi connectivity index (χ4v) is 9.67. The fraction of sp³-hybridized carbons (Fsp3) is 0.163. The van der Waals surface area contributed by atoms with E-state index in [2.05, 4.69) is 120 Å². The van der Waals surface area contributed by atoms with Crippen molar-refractivity contribution in [2.75, 3.05) is 4.90 Å². The summed E-state index contributed by atoms with van der Waals surface area (Å²) in [6.45, 7) is 0. The van der Waals surface area contributed by atoms with Gasteiger partial charge in [-0.1, -0.05) is 73.2 Å². The van der Waals surface area contributed by atoms with Crippen molar-refractivity contribution in [1.29, 1.82) is 0 Å². The lowest BCUT2D eigenvalue weighted by Gasteiger charge is -2.37. The normalized spacial score (nSPS) is 21.2. The standard InChI is InChI=1S/C43H31NO2/c1-4-10-37-31(7-1)32-18-15-28(22-38(32)43(37)25-26-13-14-27(43)21-26)44(29-16-19-35-33-8-2-5-11-39(33)45-41(35)23-29)30-17-20-36-34-9-3-6-12-40(34)46-42(36)24-30/h1-12,15-20,22-24,26-27H,13-14,21,25H2/t26?,27?,43-/m0/s1. The van der Waals surface area contributed by atoms with E-state index in [4.69, 9.17) is 8.83 Å². The van der Waals surface area contributed by atoms with Crippen LogP contribution in [-0.4, -0.2) is 0 Å². The Hall–Kier alpha value is -5.28. The molecule has 2 heterocycles. The molecule has 2 unspecified atom stereocenters. The van der Waals surface area contributed by atoms with Crippen molar-refractivity contribution in [2.24, 2.45) is 11.8 Å². The minimum Gasteiger partial charge on any atom is -0.456 e. The Labute approximate surface area is 266 Å². The van der Waals surface area contributed by atoms with Gasteiger partial charge in [0.1, 0.15) is 22.3 Å². The molecule has 3 heteroatoms. The Balaban J connectivity index is 1.15. The van der Waals surface area contributed by atoms with Gasteiger partial charge in [0.15, 0.2) is 0 Å². The lowest BCUT2D eigenvalue weighted by molar-refractivity contribution is 0.327. The molecule has 0 amide bonds. The van der Waals surface area contributed by atoms with Gasteiger partial charge in [-0.15, -0.1) is 0 Å². The van der Waals surface area contributed by atoms with Crippen LogP contribution >= 0.6 is 0 Å². The van der Waals surface area contributed by atoms with Crippen LogP contribution < -0.4 is 4.90 Å². The molecule has 2 fully saturated rings. The quantitative estimate of drug-likeness (QED) is 0.204. The van der Waals surface area contributed by atoms with Gasteiger partial charge in [-0.25, -0.2) is 0 Å². The second-order valence-electron chi connectivity index (χ2n) is 13.7. The Bertz CT molecular complexity index is 2420. The van der Waals surface area contributed by atoms with Crippen LogP contribution in [0.5, 0.6) is 0 Å². The molecular weight excluding hydrogens is 562 g/mol. The van der Waals surface area contributed by atoms with E-state index >= 15 is 0 Å². The average molecular weight is 594 g/mol. The van der Waals surface area contributed by atoms with E-state index in [1.807, 2.05) is 12.1 Å². The van der Waals surface area contributed by atoms with Crippen molar-refractivity contribution in [1.82, 2.24) is 0 Å². The van der Waals surface area contributed by atoms with E-state index in [-0.39, 0.29) is 5.41 Å². The van der Waals surface area contributed by atoms with Gasteiger partial charge in [0.25, 0.3) is 0 Å². The van der Waals surface area contributed by atoms with E-state index in [1.54, 1.807) is 5.56 Å². The molecule has 1 spiro atoms. The fourth-order valence-electron chi connectivity index (χ4n) is 9.67. The van der Waals surface area contributed by atoms with Gasteiger partial charge in [-0.2, -0.15) is 0 Å². The molecule has 3 aliphatic rings. The first kappa shape index (κ1) is 25.0. The SMILES string of the molecule is c1ccc2c(c1)-c1ccc(N(c3ccc4c(c3)oc3ccccc34)c3ccc4c(c3)oc3ccccc34)cc1[C@]21CC2CCC1C2. The molecule has 2 saturated carbocycles. The van der Waals surface area contributed by atoms with Crippen LogP contribution in [-0.2, 0) is 5.41 Å². The van der Waals surface area contributed by atoms with Crippen LogP contribution in [0.15, 0.2) is 136 Å². The highest BCUT2D eigenvalue weighted by molar-refractivity contribution is 6.08. The average Bonchev–Trinajstić information content (AvgIpc) is 3.92. The number of para-hydroxylation sites is 2. The maximum Gasteiger partial charge on any atom is 0.137 e. The number of furan rings is 2. The van der Waals surface area contributed by atoms with E-state index in [1.165, 1.54) is 48.1 Å². The van der Waals surface area contributed by atoms with Crippen molar-refractivity contribution in [3.8, 4) is 11.1 Å². The monoisotopic (exact) mass is 593 g/mol. The lowest BCUT2D eigenvalue weighted by atomic mass is 9.67. The Morgan fingerprint density at radius 1 is 0.500 bits per heavy atom. The summed E-state index contributed by atoms with van der Waals surface area (Å²) in [4.78, 5) is 2.39. The Kier molecular flexibility index (Phi) is 4.84. The molecule has 6 aromatic carbocycles.